The van der Waals surface area contributed by atoms with Gasteiger partial charge in [0, 0.05) is 21.0 Å². The van der Waals surface area contributed by atoms with E-state index in [9.17, 15) is 0 Å². The summed E-state index contributed by atoms with van der Waals surface area (Å²) in [6, 6.07) is 14.0. The fraction of sp³-hybridized carbons (Fsp3) is 0.0588. The average Bonchev–Trinajstić information content (AvgIpc) is 3.02. The molecule has 2 aromatic carbocycles. The van der Waals surface area contributed by atoms with Gasteiger partial charge in [-0.2, -0.15) is 5.10 Å². The van der Waals surface area contributed by atoms with Crippen LogP contribution in [0.3, 0.4) is 0 Å². The number of rotatable bonds is 4. The molecule has 0 unspecified atom stereocenters. The van der Waals surface area contributed by atoms with Gasteiger partial charge in [-0.05, 0) is 40.5 Å². The lowest BCUT2D eigenvalue weighted by molar-refractivity contribution is 1.29. The second kappa shape index (κ2) is 7.25. The Balaban J connectivity index is 1.73. The van der Waals surface area contributed by atoms with E-state index in [1.165, 1.54) is 11.3 Å². The highest BCUT2D eigenvalue weighted by Gasteiger charge is 2.05. The molecule has 3 aromatic rings. The Morgan fingerprint density at radius 1 is 1.26 bits per heavy atom. The fourth-order valence-corrected chi connectivity index (χ4v) is 3.49. The highest BCUT2D eigenvalue weighted by atomic mass is 79.9. The number of nitrogens with zero attached hydrogens (tertiary/aromatic N) is 2. The van der Waals surface area contributed by atoms with Crippen molar-refractivity contribution in [1.29, 1.82) is 0 Å². The second-order valence-corrected chi connectivity index (χ2v) is 7.01. The van der Waals surface area contributed by atoms with E-state index in [0.717, 1.165) is 32.0 Å². The first-order chi connectivity index (χ1) is 11.1. The quantitative estimate of drug-likeness (QED) is 0.427. The summed E-state index contributed by atoms with van der Waals surface area (Å²) in [4.78, 5) is 4.52. The number of aromatic nitrogens is 1. The lowest BCUT2D eigenvalue weighted by atomic mass is 10.1. The average molecular weight is 407 g/mol. The molecule has 1 aromatic heterocycles. The van der Waals surface area contributed by atoms with Crippen LogP contribution >= 0.6 is 38.9 Å². The van der Waals surface area contributed by atoms with Crippen LogP contribution in [0.15, 0.2) is 57.4 Å². The van der Waals surface area contributed by atoms with Crippen molar-refractivity contribution in [1.82, 2.24) is 4.98 Å². The van der Waals surface area contributed by atoms with Gasteiger partial charge < -0.3 is 0 Å². The van der Waals surface area contributed by atoms with Crippen molar-refractivity contribution in [3.8, 4) is 11.3 Å². The fourth-order valence-electron chi connectivity index (χ4n) is 2.07. The molecular formula is C17H13BrClN3S. The highest BCUT2D eigenvalue weighted by Crippen LogP contribution is 2.27. The third-order valence-corrected chi connectivity index (χ3v) is 5.16. The van der Waals surface area contributed by atoms with Crippen LogP contribution in [0, 0.1) is 6.92 Å². The molecule has 0 saturated carbocycles. The largest absolute Gasteiger partial charge is 0.253 e. The molecule has 3 nitrogen and oxygen atoms in total. The Morgan fingerprint density at radius 3 is 2.83 bits per heavy atom. The lowest BCUT2D eigenvalue weighted by Crippen LogP contribution is -1.92. The van der Waals surface area contributed by atoms with Crippen molar-refractivity contribution in [2.75, 3.05) is 5.43 Å². The number of benzene rings is 2. The maximum absolute atomic E-state index is 6.25. The molecule has 0 spiro atoms. The first-order valence-corrected chi connectivity index (χ1v) is 8.94. The molecule has 0 amide bonds. The Hall–Kier alpha value is -1.69. The van der Waals surface area contributed by atoms with Crippen LogP contribution in [0.25, 0.3) is 11.3 Å². The molecule has 1 N–H and O–H groups in total. The third-order valence-electron chi connectivity index (χ3n) is 3.14. The number of hydrazone groups is 1. The van der Waals surface area contributed by atoms with E-state index in [1.54, 1.807) is 6.21 Å². The van der Waals surface area contributed by atoms with E-state index in [0.29, 0.717) is 5.02 Å². The number of hydrogen-bond acceptors (Lipinski definition) is 4. The van der Waals surface area contributed by atoms with Gasteiger partial charge in [0.1, 0.15) is 0 Å². The summed E-state index contributed by atoms with van der Waals surface area (Å²) in [5, 5.41) is 7.62. The predicted molar refractivity (Wildman–Crippen MR) is 103 cm³/mol. The van der Waals surface area contributed by atoms with Gasteiger partial charge in [-0.15, -0.1) is 11.3 Å². The van der Waals surface area contributed by atoms with Crippen molar-refractivity contribution in [3.63, 3.8) is 0 Å². The van der Waals surface area contributed by atoms with Crippen LogP contribution in [0.5, 0.6) is 0 Å². The zero-order chi connectivity index (χ0) is 16.2. The highest BCUT2D eigenvalue weighted by molar-refractivity contribution is 9.10. The molecule has 0 bridgehead atoms. The molecule has 1 heterocycles. The van der Waals surface area contributed by atoms with Gasteiger partial charge in [0.25, 0.3) is 0 Å². The second-order valence-electron chi connectivity index (χ2n) is 4.92. The number of halogens is 2. The van der Waals surface area contributed by atoms with Crippen LogP contribution in [-0.4, -0.2) is 11.2 Å². The van der Waals surface area contributed by atoms with Gasteiger partial charge in [-0.1, -0.05) is 41.9 Å². The Kier molecular flexibility index (Phi) is 5.10. The number of hydrogen-bond donors (Lipinski definition) is 1. The third kappa shape index (κ3) is 3.99. The topological polar surface area (TPSA) is 37.3 Å². The standard InChI is InChI=1S/C17H13BrClN3S/c1-11-7-13(16(19)14(18)8-11)9-20-22-17-21-15(10-23-17)12-5-3-2-4-6-12/h2-10H,1H3,(H,21,22). The Morgan fingerprint density at radius 2 is 2.04 bits per heavy atom. The molecule has 0 aliphatic carbocycles. The number of aryl methyl sites for hydroxylation is 1. The normalized spacial score (nSPS) is 11.1. The van der Waals surface area contributed by atoms with E-state index in [1.807, 2.05) is 54.8 Å². The number of anilines is 1. The summed E-state index contributed by atoms with van der Waals surface area (Å²) >= 11 is 11.2. The maximum atomic E-state index is 6.25. The lowest BCUT2D eigenvalue weighted by Gasteiger charge is -2.03. The molecule has 0 aliphatic rings. The molecule has 0 saturated heterocycles. The van der Waals surface area contributed by atoms with Crippen molar-refractivity contribution in [3.05, 3.63) is 68.5 Å². The molecule has 3 rings (SSSR count). The molecule has 0 fully saturated rings. The molecule has 23 heavy (non-hydrogen) atoms. The molecule has 116 valence electrons. The van der Waals surface area contributed by atoms with E-state index in [-0.39, 0.29) is 0 Å². The summed E-state index contributed by atoms with van der Waals surface area (Å²) in [6.07, 6.45) is 1.70. The smallest absolute Gasteiger partial charge is 0.203 e. The van der Waals surface area contributed by atoms with Crippen molar-refractivity contribution < 1.29 is 0 Å². The van der Waals surface area contributed by atoms with Crippen LogP contribution in [-0.2, 0) is 0 Å². The summed E-state index contributed by atoms with van der Waals surface area (Å²) in [5.74, 6) is 0. The zero-order valence-electron chi connectivity index (χ0n) is 12.3. The Bertz CT molecular complexity index is 846. The molecular weight excluding hydrogens is 394 g/mol. The minimum absolute atomic E-state index is 0.644. The van der Waals surface area contributed by atoms with Gasteiger partial charge in [0.15, 0.2) is 0 Å². The van der Waals surface area contributed by atoms with Crippen LogP contribution in [0.1, 0.15) is 11.1 Å². The molecule has 6 heteroatoms. The van der Waals surface area contributed by atoms with Gasteiger partial charge in [0.2, 0.25) is 5.13 Å². The summed E-state index contributed by atoms with van der Waals surface area (Å²) < 4.78 is 0.862. The van der Waals surface area contributed by atoms with Crippen molar-refractivity contribution in [2.24, 2.45) is 5.10 Å². The first kappa shape index (κ1) is 16.2. The number of nitrogens with one attached hydrogen (secondary N) is 1. The van der Waals surface area contributed by atoms with E-state index in [2.05, 4.69) is 31.4 Å². The van der Waals surface area contributed by atoms with Gasteiger partial charge in [-0.25, -0.2) is 4.98 Å². The minimum atomic E-state index is 0.644. The summed E-state index contributed by atoms with van der Waals surface area (Å²) in [5.41, 5.74) is 6.94. The summed E-state index contributed by atoms with van der Waals surface area (Å²) in [7, 11) is 0. The molecule has 0 aliphatic heterocycles. The maximum Gasteiger partial charge on any atom is 0.203 e. The first-order valence-electron chi connectivity index (χ1n) is 6.89. The van der Waals surface area contributed by atoms with Gasteiger partial charge in [0.05, 0.1) is 16.9 Å². The van der Waals surface area contributed by atoms with Crippen LogP contribution in [0.2, 0.25) is 5.02 Å². The SMILES string of the molecule is Cc1cc(Br)c(Cl)c(C=NNc2nc(-c3ccccc3)cs2)c1. The van der Waals surface area contributed by atoms with Gasteiger partial charge >= 0.3 is 0 Å². The number of thiazole rings is 1. The van der Waals surface area contributed by atoms with Gasteiger partial charge in [-0.3, -0.25) is 5.43 Å². The van der Waals surface area contributed by atoms with E-state index in [4.69, 9.17) is 11.6 Å². The van der Waals surface area contributed by atoms with E-state index < -0.39 is 0 Å². The molecule has 0 radical (unpaired) electrons. The van der Waals surface area contributed by atoms with Crippen molar-refractivity contribution in [2.45, 2.75) is 6.92 Å². The van der Waals surface area contributed by atoms with Crippen molar-refractivity contribution >= 4 is 50.2 Å². The minimum Gasteiger partial charge on any atom is -0.253 e. The predicted octanol–water partition coefficient (Wildman–Crippen LogP) is 5.98. The molecule has 0 atom stereocenters. The van der Waals surface area contributed by atoms with Crippen LogP contribution < -0.4 is 5.43 Å². The Labute approximate surface area is 152 Å². The monoisotopic (exact) mass is 405 g/mol. The van der Waals surface area contributed by atoms with Crippen LogP contribution in [0.4, 0.5) is 5.13 Å². The van der Waals surface area contributed by atoms with E-state index >= 15 is 0 Å². The summed E-state index contributed by atoms with van der Waals surface area (Å²) in [6.45, 7) is 2.01. The zero-order valence-corrected chi connectivity index (χ0v) is 15.4.